The second-order valence-corrected chi connectivity index (χ2v) is 4.59. The minimum absolute atomic E-state index is 0.260. The predicted octanol–water partition coefficient (Wildman–Crippen LogP) is 4.97. The Morgan fingerprint density at radius 3 is 1.73 bits per heavy atom. The van der Waals surface area contributed by atoms with Gasteiger partial charge in [0.2, 0.25) is 0 Å². The average Bonchev–Trinajstić information content (AvgIpc) is 2.48. The number of hydrogen-bond donors (Lipinski definition) is 0. The standard InChI is InChI=1S/C16H12F5N/c1-22-14(15(17,18)16(19,20)21)13-9-7-12(8-10-13)11-5-3-2-4-6-11/h2-10H,1H3. The first-order chi connectivity index (χ1) is 10.3. The zero-order valence-electron chi connectivity index (χ0n) is 11.5. The van der Waals surface area contributed by atoms with E-state index in [1.165, 1.54) is 24.3 Å². The Kier molecular flexibility index (Phi) is 4.30. The lowest BCUT2D eigenvalue weighted by Crippen LogP contribution is -2.44. The first-order valence-corrected chi connectivity index (χ1v) is 6.35. The number of halogens is 5. The molecule has 1 nitrogen and oxygen atoms in total. The molecule has 0 fully saturated rings. The van der Waals surface area contributed by atoms with Crippen LogP contribution in [0.4, 0.5) is 22.0 Å². The van der Waals surface area contributed by atoms with E-state index in [4.69, 9.17) is 0 Å². The summed E-state index contributed by atoms with van der Waals surface area (Å²) >= 11 is 0. The van der Waals surface area contributed by atoms with Crippen molar-refractivity contribution in [2.24, 2.45) is 4.99 Å². The number of rotatable bonds is 3. The van der Waals surface area contributed by atoms with E-state index >= 15 is 0 Å². The molecule has 116 valence electrons. The Bertz CT molecular complexity index is 657. The lowest BCUT2D eigenvalue weighted by atomic mass is 9.99. The van der Waals surface area contributed by atoms with Gasteiger partial charge < -0.3 is 0 Å². The molecule has 0 aliphatic carbocycles. The van der Waals surface area contributed by atoms with Gasteiger partial charge >= 0.3 is 12.1 Å². The molecule has 2 aromatic rings. The largest absolute Gasteiger partial charge is 0.459 e. The van der Waals surface area contributed by atoms with Crippen LogP contribution in [0.15, 0.2) is 59.6 Å². The van der Waals surface area contributed by atoms with E-state index in [0.717, 1.165) is 18.2 Å². The summed E-state index contributed by atoms with van der Waals surface area (Å²) in [6.45, 7) is 0. The molecule has 0 aliphatic rings. The van der Waals surface area contributed by atoms with Crippen LogP contribution in [-0.2, 0) is 0 Å². The molecule has 0 unspecified atom stereocenters. The van der Waals surface area contributed by atoms with Gasteiger partial charge in [-0.25, -0.2) is 0 Å². The normalized spacial score (nSPS) is 13.3. The van der Waals surface area contributed by atoms with Crippen LogP contribution in [0.25, 0.3) is 11.1 Å². The molecule has 0 saturated carbocycles. The Balaban J connectivity index is 2.38. The van der Waals surface area contributed by atoms with Crippen molar-refractivity contribution in [2.45, 2.75) is 12.1 Å². The quantitative estimate of drug-likeness (QED) is 0.560. The fourth-order valence-corrected chi connectivity index (χ4v) is 2.04. The van der Waals surface area contributed by atoms with Gasteiger partial charge in [0.05, 0.1) is 0 Å². The van der Waals surface area contributed by atoms with Crippen LogP contribution in [-0.4, -0.2) is 24.9 Å². The molecule has 0 atom stereocenters. The Morgan fingerprint density at radius 2 is 1.27 bits per heavy atom. The maximum Gasteiger partial charge on any atom is 0.459 e. The highest BCUT2D eigenvalue weighted by atomic mass is 19.4. The zero-order chi connectivity index (χ0) is 16.4. The van der Waals surface area contributed by atoms with Crippen molar-refractivity contribution >= 4 is 5.71 Å². The summed E-state index contributed by atoms with van der Waals surface area (Å²) < 4.78 is 64.3. The van der Waals surface area contributed by atoms with Crippen molar-refractivity contribution in [3.8, 4) is 11.1 Å². The van der Waals surface area contributed by atoms with Crippen LogP contribution >= 0.6 is 0 Å². The third-order valence-corrected chi connectivity index (χ3v) is 3.14. The number of hydrogen-bond acceptors (Lipinski definition) is 1. The van der Waals surface area contributed by atoms with Crippen LogP contribution < -0.4 is 0 Å². The minimum Gasteiger partial charge on any atom is -0.286 e. The summed E-state index contributed by atoms with van der Waals surface area (Å²) in [5.74, 6) is -4.99. The first kappa shape index (κ1) is 16.1. The molecule has 0 saturated heterocycles. The van der Waals surface area contributed by atoms with Crippen LogP contribution in [0.5, 0.6) is 0 Å². The van der Waals surface area contributed by atoms with Crippen molar-refractivity contribution in [3.63, 3.8) is 0 Å². The van der Waals surface area contributed by atoms with Crippen molar-refractivity contribution in [1.29, 1.82) is 0 Å². The van der Waals surface area contributed by atoms with Crippen LogP contribution in [0.1, 0.15) is 5.56 Å². The summed E-state index contributed by atoms with van der Waals surface area (Å²) in [7, 11) is 0.917. The molecule has 0 spiro atoms. The molecule has 2 aromatic carbocycles. The fourth-order valence-electron chi connectivity index (χ4n) is 2.04. The summed E-state index contributed by atoms with van der Waals surface area (Å²) in [6, 6.07) is 14.5. The number of nitrogens with zero attached hydrogens (tertiary/aromatic N) is 1. The van der Waals surface area contributed by atoms with Gasteiger partial charge in [-0.15, -0.1) is 0 Å². The third kappa shape index (κ3) is 3.00. The smallest absolute Gasteiger partial charge is 0.286 e. The molecular formula is C16H12F5N. The molecular weight excluding hydrogens is 301 g/mol. The zero-order valence-corrected chi connectivity index (χ0v) is 11.5. The topological polar surface area (TPSA) is 12.4 Å². The van der Waals surface area contributed by atoms with Crippen molar-refractivity contribution in [2.75, 3.05) is 7.05 Å². The van der Waals surface area contributed by atoms with Gasteiger partial charge in [-0.05, 0) is 11.1 Å². The van der Waals surface area contributed by atoms with E-state index in [2.05, 4.69) is 4.99 Å². The van der Waals surface area contributed by atoms with E-state index in [-0.39, 0.29) is 5.56 Å². The number of alkyl halides is 5. The molecule has 0 radical (unpaired) electrons. The van der Waals surface area contributed by atoms with Crippen molar-refractivity contribution in [1.82, 2.24) is 0 Å². The lowest BCUT2D eigenvalue weighted by molar-refractivity contribution is -0.248. The fraction of sp³-hybridized carbons (Fsp3) is 0.188. The Hall–Kier alpha value is -2.24. The Labute approximate surface area is 124 Å². The van der Waals surface area contributed by atoms with Crippen molar-refractivity contribution < 1.29 is 22.0 Å². The average molecular weight is 313 g/mol. The van der Waals surface area contributed by atoms with Crippen LogP contribution in [0.3, 0.4) is 0 Å². The number of benzene rings is 2. The molecule has 0 aliphatic heterocycles. The Morgan fingerprint density at radius 1 is 0.773 bits per heavy atom. The molecule has 6 heteroatoms. The molecule has 0 amide bonds. The summed E-state index contributed by atoms with van der Waals surface area (Å²) in [4.78, 5) is 3.15. The second-order valence-electron chi connectivity index (χ2n) is 4.59. The third-order valence-electron chi connectivity index (χ3n) is 3.14. The highest BCUT2D eigenvalue weighted by Crippen LogP contribution is 2.38. The SMILES string of the molecule is CN=C(c1ccc(-c2ccccc2)cc1)C(F)(F)C(F)(F)F. The summed E-state index contributed by atoms with van der Waals surface area (Å²) in [5.41, 5.74) is 0.00543. The maximum absolute atomic E-state index is 13.4. The van der Waals surface area contributed by atoms with E-state index in [0.29, 0.717) is 0 Å². The monoisotopic (exact) mass is 313 g/mol. The van der Waals surface area contributed by atoms with Crippen LogP contribution in [0.2, 0.25) is 0 Å². The van der Waals surface area contributed by atoms with Gasteiger partial charge in [0.15, 0.2) is 0 Å². The molecule has 0 N–H and O–H groups in total. The molecule has 22 heavy (non-hydrogen) atoms. The van der Waals surface area contributed by atoms with E-state index in [9.17, 15) is 22.0 Å². The highest BCUT2D eigenvalue weighted by Gasteiger charge is 2.61. The second kappa shape index (κ2) is 5.87. The van der Waals surface area contributed by atoms with E-state index in [1.54, 1.807) is 12.1 Å². The summed E-state index contributed by atoms with van der Waals surface area (Å²) in [6.07, 6.45) is -5.68. The van der Waals surface area contributed by atoms with Crippen LogP contribution in [0, 0.1) is 0 Å². The predicted molar refractivity (Wildman–Crippen MR) is 75.3 cm³/mol. The maximum atomic E-state index is 13.4. The van der Waals surface area contributed by atoms with E-state index < -0.39 is 17.8 Å². The van der Waals surface area contributed by atoms with Gasteiger partial charge in [-0.3, -0.25) is 4.99 Å². The first-order valence-electron chi connectivity index (χ1n) is 6.35. The van der Waals surface area contributed by atoms with Gasteiger partial charge in [0.1, 0.15) is 5.71 Å². The van der Waals surface area contributed by atoms with Gasteiger partial charge in [0, 0.05) is 12.6 Å². The van der Waals surface area contributed by atoms with Gasteiger partial charge in [-0.2, -0.15) is 22.0 Å². The molecule has 0 heterocycles. The van der Waals surface area contributed by atoms with E-state index in [1.807, 2.05) is 18.2 Å². The summed E-state index contributed by atoms with van der Waals surface area (Å²) in [5, 5.41) is 0. The minimum atomic E-state index is -5.68. The number of aliphatic imine (C=N–C) groups is 1. The van der Waals surface area contributed by atoms with Gasteiger partial charge in [-0.1, -0.05) is 54.6 Å². The highest BCUT2D eigenvalue weighted by molar-refractivity contribution is 6.06. The molecule has 0 aromatic heterocycles. The van der Waals surface area contributed by atoms with Crippen molar-refractivity contribution in [3.05, 3.63) is 60.2 Å². The molecule has 0 bridgehead atoms. The lowest BCUT2D eigenvalue weighted by Gasteiger charge is -2.21. The molecule has 2 rings (SSSR count). The van der Waals surface area contributed by atoms with Gasteiger partial charge in [0.25, 0.3) is 0 Å².